The zero-order valence-electron chi connectivity index (χ0n) is 11.2. The lowest BCUT2D eigenvalue weighted by Crippen LogP contribution is -2.12. The Kier molecular flexibility index (Phi) is 4.29. The third kappa shape index (κ3) is 3.83. The number of benzene rings is 1. The van der Waals surface area contributed by atoms with Gasteiger partial charge in [0, 0.05) is 5.69 Å². The van der Waals surface area contributed by atoms with Gasteiger partial charge in [0.1, 0.15) is 5.75 Å². The number of sulfonamides is 1. The van der Waals surface area contributed by atoms with Crippen LogP contribution in [0.1, 0.15) is 17.5 Å². The van der Waals surface area contributed by atoms with Crippen molar-refractivity contribution in [1.82, 2.24) is 0 Å². The summed E-state index contributed by atoms with van der Waals surface area (Å²) in [6, 6.07) is 9.10. The van der Waals surface area contributed by atoms with Crippen LogP contribution in [0, 0.1) is 0 Å². The molecular weight excluding hydrogens is 296 g/mol. The molecule has 0 bridgehead atoms. The molecule has 1 heterocycles. The quantitative estimate of drug-likeness (QED) is 0.870. The number of rotatable bonds is 5. The van der Waals surface area contributed by atoms with E-state index in [1.165, 1.54) is 6.07 Å². The molecule has 0 saturated heterocycles. The molecule has 0 spiro atoms. The van der Waals surface area contributed by atoms with Gasteiger partial charge in [0.05, 0.1) is 6.61 Å². The summed E-state index contributed by atoms with van der Waals surface area (Å²) in [6.07, 6.45) is 0. The molecule has 112 valence electrons. The number of hydrogen-bond donors (Lipinski definition) is 2. The normalized spacial score (nSPS) is 11.1. The van der Waals surface area contributed by atoms with Crippen molar-refractivity contribution in [3.05, 3.63) is 42.2 Å². The molecule has 21 heavy (non-hydrogen) atoms. The highest BCUT2D eigenvalue weighted by Crippen LogP contribution is 2.18. The zero-order valence-corrected chi connectivity index (χ0v) is 12.0. The molecule has 0 aliphatic rings. The standard InChI is InChI=1S/C13H14N2O5S/c1-2-19-10-5-3-9(4-6-10)15-13(16)11-7-8-12(20-11)21(14,17)18/h3-8H,2H2,1H3,(H,15,16)(H2,14,17,18). The van der Waals surface area contributed by atoms with Crippen LogP contribution in [0.4, 0.5) is 5.69 Å². The van der Waals surface area contributed by atoms with Crippen molar-refractivity contribution >= 4 is 21.6 Å². The van der Waals surface area contributed by atoms with Gasteiger partial charge in [-0.25, -0.2) is 13.6 Å². The van der Waals surface area contributed by atoms with E-state index in [4.69, 9.17) is 14.3 Å². The summed E-state index contributed by atoms with van der Waals surface area (Å²) < 4.78 is 32.3. The third-order valence-electron chi connectivity index (χ3n) is 2.51. The number of anilines is 1. The molecule has 1 aromatic carbocycles. The number of furan rings is 1. The van der Waals surface area contributed by atoms with E-state index in [2.05, 4.69) is 5.32 Å². The van der Waals surface area contributed by atoms with Crippen LogP contribution in [0.5, 0.6) is 5.75 Å². The first-order chi connectivity index (χ1) is 9.90. The molecule has 7 nitrogen and oxygen atoms in total. The number of carbonyl (C=O) groups is 1. The van der Waals surface area contributed by atoms with E-state index in [0.717, 1.165) is 6.07 Å². The summed E-state index contributed by atoms with van der Waals surface area (Å²) in [5.74, 6) is -0.0352. The summed E-state index contributed by atoms with van der Waals surface area (Å²) in [7, 11) is -3.96. The molecule has 2 aromatic rings. The molecule has 0 aliphatic carbocycles. The minimum atomic E-state index is -3.96. The Balaban J connectivity index is 2.09. The van der Waals surface area contributed by atoms with Crippen LogP contribution in [-0.4, -0.2) is 20.9 Å². The Labute approximate surface area is 121 Å². The van der Waals surface area contributed by atoms with Crippen molar-refractivity contribution < 1.29 is 22.4 Å². The molecule has 1 aromatic heterocycles. The van der Waals surface area contributed by atoms with Crippen LogP contribution < -0.4 is 15.2 Å². The number of nitrogens with two attached hydrogens (primary N) is 1. The lowest BCUT2D eigenvalue weighted by Gasteiger charge is -2.05. The van der Waals surface area contributed by atoms with Crippen LogP contribution in [-0.2, 0) is 10.0 Å². The van der Waals surface area contributed by atoms with Gasteiger partial charge in [-0.2, -0.15) is 0 Å². The number of amides is 1. The maximum atomic E-state index is 11.9. The molecule has 0 fully saturated rings. The van der Waals surface area contributed by atoms with Gasteiger partial charge >= 0.3 is 0 Å². The molecular formula is C13H14N2O5S. The highest BCUT2D eigenvalue weighted by molar-refractivity contribution is 7.89. The van der Waals surface area contributed by atoms with Gasteiger partial charge in [-0.15, -0.1) is 0 Å². The van der Waals surface area contributed by atoms with Crippen molar-refractivity contribution in [2.45, 2.75) is 12.0 Å². The Hall–Kier alpha value is -2.32. The van der Waals surface area contributed by atoms with Gasteiger partial charge in [-0.3, -0.25) is 4.79 Å². The minimum absolute atomic E-state index is 0.145. The number of ether oxygens (including phenoxy) is 1. The van der Waals surface area contributed by atoms with E-state index < -0.39 is 21.0 Å². The van der Waals surface area contributed by atoms with Crippen LogP contribution in [0.25, 0.3) is 0 Å². The SMILES string of the molecule is CCOc1ccc(NC(=O)c2ccc(S(N)(=O)=O)o2)cc1. The summed E-state index contributed by atoms with van der Waals surface area (Å²) in [5.41, 5.74) is 0.525. The van der Waals surface area contributed by atoms with Crippen molar-refractivity contribution in [3.8, 4) is 5.75 Å². The fourth-order valence-electron chi connectivity index (χ4n) is 1.59. The monoisotopic (exact) mass is 310 g/mol. The van der Waals surface area contributed by atoms with Gasteiger partial charge in [0.2, 0.25) is 5.09 Å². The molecule has 3 N–H and O–H groups in total. The van der Waals surface area contributed by atoms with Crippen LogP contribution in [0.3, 0.4) is 0 Å². The van der Waals surface area contributed by atoms with Gasteiger partial charge < -0.3 is 14.5 Å². The molecule has 1 amide bonds. The zero-order chi connectivity index (χ0) is 15.5. The largest absolute Gasteiger partial charge is 0.494 e. The summed E-state index contributed by atoms with van der Waals surface area (Å²) >= 11 is 0. The van der Waals surface area contributed by atoms with Gasteiger partial charge in [-0.05, 0) is 43.3 Å². The van der Waals surface area contributed by atoms with Crippen LogP contribution in [0.2, 0.25) is 0 Å². The lowest BCUT2D eigenvalue weighted by molar-refractivity contribution is 0.0991. The first-order valence-corrected chi connectivity index (χ1v) is 7.61. The summed E-state index contributed by atoms with van der Waals surface area (Å²) in [6.45, 7) is 2.42. The van der Waals surface area contributed by atoms with E-state index in [1.807, 2.05) is 6.92 Å². The summed E-state index contributed by atoms with van der Waals surface area (Å²) in [5, 5.41) is 7.01. The predicted octanol–water partition coefficient (Wildman–Crippen LogP) is 1.58. The van der Waals surface area contributed by atoms with Crippen molar-refractivity contribution in [2.24, 2.45) is 5.14 Å². The van der Waals surface area contributed by atoms with E-state index in [9.17, 15) is 13.2 Å². The smallest absolute Gasteiger partial charge is 0.291 e. The highest BCUT2D eigenvalue weighted by Gasteiger charge is 2.17. The molecule has 0 saturated carbocycles. The topological polar surface area (TPSA) is 112 Å². The molecule has 2 rings (SSSR count). The molecule has 0 radical (unpaired) electrons. The summed E-state index contributed by atoms with van der Waals surface area (Å²) in [4.78, 5) is 11.9. The highest BCUT2D eigenvalue weighted by atomic mass is 32.2. The first kappa shape index (κ1) is 15.1. The van der Waals surface area contributed by atoms with Crippen LogP contribution in [0.15, 0.2) is 45.9 Å². The van der Waals surface area contributed by atoms with E-state index in [1.54, 1.807) is 24.3 Å². The molecule has 8 heteroatoms. The average molecular weight is 310 g/mol. The van der Waals surface area contributed by atoms with E-state index in [-0.39, 0.29) is 5.76 Å². The van der Waals surface area contributed by atoms with Crippen molar-refractivity contribution in [3.63, 3.8) is 0 Å². The van der Waals surface area contributed by atoms with Gasteiger partial charge in [0.25, 0.3) is 15.9 Å². The Morgan fingerprint density at radius 2 is 1.90 bits per heavy atom. The number of carbonyl (C=O) groups excluding carboxylic acids is 1. The fourth-order valence-corrected chi connectivity index (χ4v) is 2.05. The van der Waals surface area contributed by atoms with Gasteiger partial charge in [-0.1, -0.05) is 0 Å². The maximum Gasteiger partial charge on any atom is 0.291 e. The average Bonchev–Trinajstić information content (AvgIpc) is 2.91. The Bertz CT molecular complexity index is 734. The third-order valence-corrected chi connectivity index (χ3v) is 3.29. The predicted molar refractivity (Wildman–Crippen MR) is 75.6 cm³/mol. The molecule has 0 atom stereocenters. The van der Waals surface area contributed by atoms with Gasteiger partial charge in [0.15, 0.2) is 5.76 Å². The van der Waals surface area contributed by atoms with E-state index in [0.29, 0.717) is 18.0 Å². The first-order valence-electron chi connectivity index (χ1n) is 6.07. The van der Waals surface area contributed by atoms with E-state index >= 15 is 0 Å². The fraction of sp³-hybridized carbons (Fsp3) is 0.154. The second kappa shape index (κ2) is 5.98. The Morgan fingerprint density at radius 3 is 2.43 bits per heavy atom. The second-order valence-corrected chi connectivity index (χ2v) is 5.57. The van der Waals surface area contributed by atoms with Crippen molar-refractivity contribution in [2.75, 3.05) is 11.9 Å². The second-order valence-electron chi connectivity index (χ2n) is 4.08. The maximum absolute atomic E-state index is 11.9. The van der Waals surface area contributed by atoms with Crippen LogP contribution >= 0.6 is 0 Å². The molecule has 0 unspecified atom stereocenters. The minimum Gasteiger partial charge on any atom is -0.494 e. The lowest BCUT2D eigenvalue weighted by atomic mass is 10.3. The Morgan fingerprint density at radius 1 is 1.24 bits per heavy atom. The van der Waals surface area contributed by atoms with Crippen molar-refractivity contribution in [1.29, 1.82) is 0 Å². The number of hydrogen-bond acceptors (Lipinski definition) is 5. The molecule has 0 aliphatic heterocycles. The number of nitrogens with one attached hydrogen (secondary N) is 1. The number of primary sulfonamides is 1.